The summed E-state index contributed by atoms with van der Waals surface area (Å²) in [5, 5.41) is 3.19. The van der Waals surface area contributed by atoms with E-state index in [9.17, 15) is 9.18 Å². The quantitative estimate of drug-likeness (QED) is 0.559. The number of morpholine rings is 1. The third kappa shape index (κ3) is 4.54. The summed E-state index contributed by atoms with van der Waals surface area (Å²) in [4.78, 5) is 32.8. The van der Waals surface area contributed by atoms with Gasteiger partial charge in [-0.25, -0.2) is 24.3 Å². The summed E-state index contributed by atoms with van der Waals surface area (Å²) in [7, 11) is 0. The number of carbonyl (C=O) groups excluding carboxylic acids is 1. The molecule has 36 heavy (non-hydrogen) atoms. The molecule has 4 heterocycles. The van der Waals surface area contributed by atoms with E-state index in [1.54, 1.807) is 25.4 Å². The minimum absolute atomic E-state index is 0.129. The maximum absolute atomic E-state index is 14.4. The Kier molecular flexibility index (Phi) is 6.40. The van der Waals surface area contributed by atoms with Crippen molar-refractivity contribution < 1.29 is 13.9 Å². The first-order chi connectivity index (χ1) is 17.2. The first-order valence-corrected chi connectivity index (χ1v) is 12.1. The molecule has 5 rings (SSSR count). The molecule has 2 aliphatic heterocycles. The fourth-order valence-electron chi connectivity index (χ4n) is 5.47. The maximum Gasteiger partial charge on any atom is 0.255 e. The van der Waals surface area contributed by atoms with Crippen molar-refractivity contribution in [2.75, 3.05) is 32.0 Å². The molecule has 0 saturated carbocycles. The highest BCUT2D eigenvalue weighted by atomic mass is 19.1. The lowest BCUT2D eigenvalue weighted by Gasteiger charge is -2.45. The number of aromatic nitrogens is 4. The number of fused-ring (bicyclic) bond motifs is 1. The smallest absolute Gasteiger partial charge is 0.255 e. The number of amides is 1. The minimum Gasteiger partial charge on any atom is -0.379 e. The zero-order valence-corrected chi connectivity index (χ0v) is 20.7. The van der Waals surface area contributed by atoms with Crippen LogP contribution in [0.25, 0.3) is 11.1 Å². The summed E-state index contributed by atoms with van der Waals surface area (Å²) in [6.07, 6.45) is 5.38. The summed E-state index contributed by atoms with van der Waals surface area (Å²) < 4.78 is 20.0. The Labute approximate surface area is 209 Å². The second-order valence-corrected chi connectivity index (χ2v) is 9.96. The fraction of sp³-hybridized carbons (Fsp3) is 0.423. The van der Waals surface area contributed by atoms with Crippen LogP contribution in [-0.2, 0) is 4.74 Å². The summed E-state index contributed by atoms with van der Waals surface area (Å²) in [5.74, 6) is -0.765. The highest BCUT2D eigenvalue weighted by Gasteiger charge is 2.43. The predicted octanol–water partition coefficient (Wildman–Crippen LogP) is 3.03. The average molecular weight is 492 g/mol. The second-order valence-electron chi connectivity index (χ2n) is 9.96. The van der Waals surface area contributed by atoms with Crippen LogP contribution in [0.5, 0.6) is 0 Å². The molecular formula is C26H30FN7O2. The normalized spacial score (nSPS) is 20.6. The Hall–Kier alpha value is -3.50. The monoisotopic (exact) mass is 491 g/mol. The lowest BCUT2D eigenvalue weighted by molar-refractivity contribution is -0.0165. The van der Waals surface area contributed by atoms with E-state index < -0.39 is 6.04 Å². The van der Waals surface area contributed by atoms with Gasteiger partial charge < -0.3 is 15.8 Å². The number of hydrogen-bond donors (Lipinski definition) is 2. The topological polar surface area (TPSA) is 119 Å². The van der Waals surface area contributed by atoms with Crippen LogP contribution in [0.2, 0.25) is 0 Å². The molecule has 0 aliphatic carbocycles. The van der Waals surface area contributed by atoms with E-state index in [0.29, 0.717) is 47.7 Å². The van der Waals surface area contributed by atoms with Crippen molar-refractivity contribution in [1.82, 2.24) is 30.2 Å². The van der Waals surface area contributed by atoms with E-state index in [4.69, 9.17) is 10.5 Å². The van der Waals surface area contributed by atoms with Gasteiger partial charge in [-0.1, -0.05) is 6.07 Å². The SMILES string of the molecule is Cc1nc(N)nc2c1C(=O)NC(c1ccc(F)cc1-c1cncnc1)C2CC(C)(C)N1CCOCC1. The van der Waals surface area contributed by atoms with Crippen LogP contribution in [0.15, 0.2) is 36.9 Å². The van der Waals surface area contributed by atoms with Crippen molar-refractivity contribution in [3.05, 3.63) is 65.3 Å². The van der Waals surface area contributed by atoms with Crippen LogP contribution in [-0.4, -0.2) is 62.6 Å². The second kappa shape index (κ2) is 9.51. The van der Waals surface area contributed by atoms with Gasteiger partial charge in [0.2, 0.25) is 5.95 Å². The van der Waals surface area contributed by atoms with Gasteiger partial charge in [0, 0.05) is 42.5 Å². The van der Waals surface area contributed by atoms with Gasteiger partial charge in [-0.3, -0.25) is 9.69 Å². The molecular weight excluding hydrogens is 461 g/mol. The fourth-order valence-corrected chi connectivity index (χ4v) is 5.47. The Morgan fingerprint density at radius 3 is 2.64 bits per heavy atom. The number of halogens is 1. The number of nitrogens with zero attached hydrogens (tertiary/aromatic N) is 5. The molecule has 3 N–H and O–H groups in total. The summed E-state index contributed by atoms with van der Waals surface area (Å²) in [6.45, 7) is 9.14. The minimum atomic E-state index is -0.477. The standard InChI is InChI=1S/C26H30FN7O2/c1-15-21-23(33-25(28)31-15)20(11-26(2,3)34-6-8-36-9-7-34)22(32-24(21)35)18-5-4-17(27)10-19(18)16-12-29-14-30-13-16/h4-5,10,12-14,20,22H,6-9,11H2,1-3H3,(H,32,35)(H2,28,31,33). The third-order valence-electron chi connectivity index (χ3n) is 7.21. The van der Waals surface area contributed by atoms with Crippen LogP contribution in [0.4, 0.5) is 10.3 Å². The number of nitrogens with one attached hydrogen (secondary N) is 1. The van der Waals surface area contributed by atoms with Crippen LogP contribution in [0.1, 0.15) is 59.5 Å². The number of rotatable bonds is 5. The summed E-state index contributed by atoms with van der Waals surface area (Å²) in [5.41, 5.74) is 9.50. The molecule has 188 valence electrons. The van der Waals surface area contributed by atoms with E-state index in [0.717, 1.165) is 18.7 Å². The number of hydrogen-bond acceptors (Lipinski definition) is 8. The molecule has 2 aliphatic rings. The van der Waals surface area contributed by atoms with Crippen LogP contribution < -0.4 is 11.1 Å². The molecule has 0 spiro atoms. The number of nitrogen functional groups attached to an aromatic ring is 1. The van der Waals surface area contributed by atoms with Gasteiger partial charge in [0.25, 0.3) is 5.91 Å². The molecule has 2 unspecified atom stereocenters. The molecule has 3 aromatic rings. The zero-order chi connectivity index (χ0) is 25.4. The summed E-state index contributed by atoms with van der Waals surface area (Å²) in [6, 6.07) is 4.11. The first-order valence-electron chi connectivity index (χ1n) is 12.1. The Morgan fingerprint density at radius 2 is 1.92 bits per heavy atom. The molecule has 2 aromatic heterocycles. The molecule has 1 aromatic carbocycles. The van der Waals surface area contributed by atoms with Gasteiger partial charge in [0.1, 0.15) is 12.1 Å². The number of anilines is 1. The molecule has 2 atom stereocenters. The van der Waals surface area contributed by atoms with Crippen LogP contribution in [0.3, 0.4) is 0 Å². The molecule has 1 fully saturated rings. The number of carbonyl (C=O) groups is 1. The zero-order valence-electron chi connectivity index (χ0n) is 20.7. The first kappa shape index (κ1) is 24.2. The Morgan fingerprint density at radius 1 is 1.19 bits per heavy atom. The van der Waals surface area contributed by atoms with Crippen molar-refractivity contribution >= 4 is 11.9 Å². The van der Waals surface area contributed by atoms with Gasteiger partial charge in [0.15, 0.2) is 0 Å². The lowest BCUT2D eigenvalue weighted by Crippen LogP contribution is -2.52. The number of ether oxygens (including phenoxy) is 1. The predicted molar refractivity (Wildman–Crippen MR) is 133 cm³/mol. The van der Waals surface area contributed by atoms with Crippen molar-refractivity contribution in [3.63, 3.8) is 0 Å². The van der Waals surface area contributed by atoms with Crippen LogP contribution >= 0.6 is 0 Å². The van der Waals surface area contributed by atoms with Gasteiger partial charge in [-0.05, 0) is 50.5 Å². The van der Waals surface area contributed by atoms with Gasteiger partial charge >= 0.3 is 0 Å². The molecule has 9 nitrogen and oxygen atoms in total. The third-order valence-corrected chi connectivity index (χ3v) is 7.21. The molecule has 1 saturated heterocycles. The van der Waals surface area contributed by atoms with Crippen molar-refractivity contribution in [2.24, 2.45) is 0 Å². The Bertz CT molecular complexity index is 1280. The van der Waals surface area contributed by atoms with E-state index in [1.807, 2.05) is 0 Å². The van der Waals surface area contributed by atoms with Gasteiger partial charge in [-0.2, -0.15) is 0 Å². The van der Waals surface area contributed by atoms with Gasteiger partial charge in [0.05, 0.1) is 36.2 Å². The average Bonchev–Trinajstić information content (AvgIpc) is 2.86. The molecule has 0 bridgehead atoms. The van der Waals surface area contributed by atoms with Crippen molar-refractivity contribution in [1.29, 1.82) is 0 Å². The van der Waals surface area contributed by atoms with E-state index >= 15 is 0 Å². The van der Waals surface area contributed by atoms with Gasteiger partial charge in [-0.15, -0.1) is 0 Å². The molecule has 10 heteroatoms. The Balaban J connectivity index is 1.65. The van der Waals surface area contributed by atoms with Crippen LogP contribution in [0, 0.1) is 12.7 Å². The molecule has 1 amide bonds. The lowest BCUT2D eigenvalue weighted by atomic mass is 9.75. The van der Waals surface area contributed by atoms with E-state index in [1.165, 1.54) is 18.5 Å². The highest BCUT2D eigenvalue weighted by molar-refractivity contribution is 5.98. The van der Waals surface area contributed by atoms with E-state index in [2.05, 4.69) is 44.0 Å². The maximum atomic E-state index is 14.4. The number of nitrogens with two attached hydrogens (primary N) is 1. The largest absolute Gasteiger partial charge is 0.379 e. The van der Waals surface area contributed by atoms with Crippen molar-refractivity contribution in [3.8, 4) is 11.1 Å². The number of benzene rings is 1. The number of aryl methyl sites for hydroxylation is 1. The highest BCUT2D eigenvalue weighted by Crippen LogP contribution is 2.45. The summed E-state index contributed by atoms with van der Waals surface area (Å²) >= 11 is 0. The molecule has 0 radical (unpaired) electrons. The van der Waals surface area contributed by atoms with Crippen molar-refractivity contribution in [2.45, 2.75) is 44.7 Å². The van der Waals surface area contributed by atoms with E-state index in [-0.39, 0.29) is 29.1 Å².